The van der Waals surface area contributed by atoms with Gasteiger partial charge in [0.2, 0.25) is 5.91 Å². The molecular weight excluding hydrogens is 459 g/mol. The van der Waals surface area contributed by atoms with Crippen LogP contribution in [0.3, 0.4) is 0 Å². The molecule has 7 heteroatoms. The normalized spacial score (nSPS) is 12.2. The van der Waals surface area contributed by atoms with Gasteiger partial charge in [-0.05, 0) is 53.6 Å². The van der Waals surface area contributed by atoms with Gasteiger partial charge in [0, 0.05) is 13.1 Å². The zero-order valence-electron chi connectivity index (χ0n) is 20.1. The lowest BCUT2D eigenvalue weighted by atomic mass is 9.87. The first-order chi connectivity index (χ1) is 15.6. The van der Waals surface area contributed by atoms with Crippen LogP contribution in [0.4, 0.5) is 0 Å². The van der Waals surface area contributed by atoms with Crippen LogP contribution in [0.2, 0.25) is 10.0 Å². The largest absolute Gasteiger partial charge is 0.484 e. The van der Waals surface area contributed by atoms with Crippen molar-refractivity contribution >= 4 is 35.0 Å². The summed E-state index contributed by atoms with van der Waals surface area (Å²) in [4.78, 5) is 27.6. The summed E-state index contributed by atoms with van der Waals surface area (Å²) in [6, 6.07) is 12.3. The van der Waals surface area contributed by atoms with E-state index in [4.69, 9.17) is 27.9 Å². The van der Waals surface area contributed by atoms with Crippen molar-refractivity contribution in [2.75, 3.05) is 13.2 Å². The van der Waals surface area contributed by atoms with Gasteiger partial charge in [-0.25, -0.2) is 0 Å². The molecule has 0 aromatic heterocycles. The number of halogens is 2. The van der Waals surface area contributed by atoms with Gasteiger partial charge in [0.25, 0.3) is 5.91 Å². The molecule has 0 aliphatic heterocycles. The summed E-state index contributed by atoms with van der Waals surface area (Å²) in [5, 5.41) is 3.74. The van der Waals surface area contributed by atoms with Gasteiger partial charge in [0.05, 0.1) is 10.0 Å². The second-order valence-electron chi connectivity index (χ2n) is 9.05. The molecular formula is C26H34Cl2N2O3. The molecule has 2 rings (SSSR count). The number of rotatable bonds is 10. The predicted molar refractivity (Wildman–Crippen MR) is 135 cm³/mol. The Morgan fingerprint density at radius 1 is 1.03 bits per heavy atom. The monoisotopic (exact) mass is 492 g/mol. The highest BCUT2D eigenvalue weighted by Gasteiger charge is 2.29. The summed E-state index contributed by atoms with van der Waals surface area (Å²) >= 11 is 12.2. The summed E-state index contributed by atoms with van der Waals surface area (Å²) < 4.78 is 5.78. The highest BCUT2D eigenvalue weighted by atomic mass is 35.5. The average molecular weight is 493 g/mol. The number of hydrogen-bond donors (Lipinski definition) is 1. The number of benzene rings is 2. The number of carbonyl (C=O) groups excluding carboxylic acids is 2. The van der Waals surface area contributed by atoms with Crippen LogP contribution in [-0.4, -0.2) is 35.9 Å². The van der Waals surface area contributed by atoms with Gasteiger partial charge in [-0.3, -0.25) is 9.59 Å². The maximum Gasteiger partial charge on any atom is 0.261 e. The predicted octanol–water partition coefficient (Wildman–Crippen LogP) is 6.00. The van der Waals surface area contributed by atoms with Gasteiger partial charge in [-0.2, -0.15) is 0 Å². The molecule has 1 atom stereocenters. The van der Waals surface area contributed by atoms with E-state index in [2.05, 4.69) is 26.1 Å². The zero-order chi connectivity index (χ0) is 24.6. The number of amides is 2. The number of hydrogen-bond acceptors (Lipinski definition) is 3. The fourth-order valence-electron chi connectivity index (χ4n) is 3.40. The molecule has 2 aromatic rings. The van der Waals surface area contributed by atoms with Crippen molar-refractivity contribution in [2.45, 2.75) is 65.5 Å². The van der Waals surface area contributed by atoms with Crippen LogP contribution in [-0.2, 0) is 21.5 Å². The van der Waals surface area contributed by atoms with Crippen LogP contribution >= 0.6 is 23.2 Å². The molecule has 0 radical (unpaired) electrons. The van der Waals surface area contributed by atoms with E-state index in [1.807, 2.05) is 38.1 Å². The number of carbonyl (C=O) groups is 2. The smallest absolute Gasteiger partial charge is 0.261 e. The van der Waals surface area contributed by atoms with Crippen molar-refractivity contribution in [1.29, 1.82) is 0 Å². The Kier molecular flexibility index (Phi) is 10.1. The van der Waals surface area contributed by atoms with E-state index in [9.17, 15) is 9.59 Å². The molecule has 2 aromatic carbocycles. The van der Waals surface area contributed by atoms with Crippen LogP contribution < -0.4 is 10.1 Å². The van der Waals surface area contributed by atoms with Gasteiger partial charge >= 0.3 is 0 Å². The SMILES string of the molecule is CCCNC(=O)C(CC)N(Cc1ccc(Cl)c(Cl)c1)C(=O)COc1ccc(C(C)(C)C)cc1. The molecule has 0 spiro atoms. The first-order valence-corrected chi connectivity index (χ1v) is 12.1. The van der Waals surface area contributed by atoms with E-state index < -0.39 is 6.04 Å². The maximum atomic E-state index is 13.2. The van der Waals surface area contributed by atoms with Crippen LogP contribution in [0.1, 0.15) is 58.6 Å². The van der Waals surface area contributed by atoms with E-state index in [0.29, 0.717) is 28.8 Å². The molecule has 1 N–H and O–H groups in total. The molecule has 0 saturated heterocycles. The molecule has 33 heavy (non-hydrogen) atoms. The van der Waals surface area contributed by atoms with E-state index in [1.54, 1.807) is 23.1 Å². The molecule has 180 valence electrons. The van der Waals surface area contributed by atoms with Crippen molar-refractivity contribution in [3.63, 3.8) is 0 Å². The Labute approximate surface area is 207 Å². The third-order valence-corrected chi connectivity index (χ3v) is 6.09. The topological polar surface area (TPSA) is 58.6 Å². The second-order valence-corrected chi connectivity index (χ2v) is 9.86. The molecule has 0 aliphatic rings. The number of nitrogens with zero attached hydrogens (tertiary/aromatic N) is 1. The second kappa shape index (κ2) is 12.3. The van der Waals surface area contributed by atoms with Crippen LogP contribution in [0, 0.1) is 0 Å². The lowest BCUT2D eigenvalue weighted by Gasteiger charge is -2.30. The van der Waals surface area contributed by atoms with Gasteiger partial charge in [-0.15, -0.1) is 0 Å². The van der Waals surface area contributed by atoms with E-state index >= 15 is 0 Å². The molecule has 0 bridgehead atoms. The molecule has 0 aliphatic carbocycles. The van der Waals surface area contributed by atoms with E-state index in [0.717, 1.165) is 12.0 Å². The minimum atomic E-state index is -0.620. The van der Waals surface area contributed by atoms with Gasteiger partial charge in [-0.1, -0.05) is 76.0 Å². The Bertz CT molecular complexity index is 940. The molecule has 1 unspecified atom stereocenters. The summed E-state index contributed by atoms with van der Waals surface area (Å²) in [5.74, 6) is 0.149. The number of nitrogens with one attached hydrogen (secondary N) is 1. The van der Waals surface area contributed by atoms with Gasteiger partial charge in [0.15, 0.2) is 6.61 Å². The third kappa shape index (κ3) is 7.94. The van der Waals surface area contributed by atoms with Crippen molar-refractivity contribution < 1.29 is 14.3 Å². The van der Waals surface area contributed by atoms with Crippen molar-refractivity contribution in [3.8, 4) is 5.75 Å². The Morgan fingerprint density at radius 3 is 2.24 bits per heavy atom. The van der Waals surface area contributed by atoms with Crippen molar-refractivity contribution in [2.24, 2.45) is 0 Å². The fourth-order valence-corrected chi connectivity index (χ4v) is 3.72. The van der Waals surface area contributed by atoms with Crippen LogP contribution in [0.15, 0.2) is 42.5 Å². The van der Waals surface area contributed by atoms with E-state index in [-0.39, 0.29) is 30.4 Å². The van der Waals surface area contributed by atoms with Gasteiger partial charge in [0.1, 0.15) is 11.8 Å². The minimum Gasteiger partial charge on any atom is -0.484 e. The lowest BCUT2D eigenvalue weighted by Crippen LogP contribution is -2.50. The Hall–Kier alpha value is -2.24. The quantitative estimate of drug-likeness (QED) is 0.442. The third-order valence-electron chi connectivity index (χ3n) is 5.35. The first kappa shape index (κ1) is 27.0. The van der Waals surface area contributed by atoms with Crippen LogP contribution in [0.5, 0.6) is 5.75 Å². The Balaban J connectivity index is 2.20. The van der Waals surface area contributed by atoms with Crippen molar-refractivity contribution in [3.05, 3.63) is 63.6 Å². The van der Waals surface area contributed by atoms with Gasteiger partial charge < -0.3 is 15.0 Å². The zero-order valence-corrected chi connectivity index (χ0v) is 21.6. The first-order valence-electron chi connectivity index (χ1n) is 11.3. The lowest BCUT2D eigenvalue weighted by molar-refractivity contribution is -0.143. The highest BCUT2D eigenvalue weighted by Crippen LogP contribution is 2.25. The Morgan fingerprint density at radius 2 is 1.70 bits per heavy atom. The van der Waals surface area contributed by atoms with Crippen LogP contribution in [0.25, 0.3) is 0 Å². The van der Waals surface area contributed by atoms with Crippen molar-refractivity contribution in [1.82, 2.24) is 10.2 Å². The summed E-state index contributed by atoms with van der Waals surface area (Å²) in [7, 11) is 0. The molecule has 0 saturated carbocycles. The summed E-state index contributed by atoms with van der Waals surface area (Å²) in [6.45, 7) is 10.9. The standard InChI is InChI=1S/C26H34Cl2N2O3/c1-6-14-29-25(32)23(7-2)30(16-18-8-13-21(27)22(28)15-18)24(31)17-33-20-11-9-19(10-12-20)26(3,4)5/h8-13,15,23H,6-7,14,16-17H2,1-5H3,(H,29,32). The summed E-state index contributed by atoms with van der Waals surface area (Å²) in [5.41, 5.74) is 2.00. The average Bonchev–Trinajstić information content (AvgIpc) is 2.77. The molecule has 0 fully saturated rings. The number of ether oxygens (including phenoxy) is 1. The molecule has 5 nitrogen and oxygen atoms in total. The highest BCUT2D eigenvalue weighted by molar-refractivity contribution is 6.42. The summed E-state index contributed by atoms with van der Waals surface area (Å²) in [6.07, 6.45) is 1.29. The molecule has 2 amide bonds. The maximum absolute atomic E-state index is 13.2. The minimum absolute atomic E-state index is 0.0329. The van der Waals surface area contributed by atoms with E-state index in [1.165, 1.54) is 5.56 Å². The fraction of sp³-hybridized carbons (Fsp3) is 0.462. The molecule has 0 heterocycles.